The summed E-state index contributed by atoms with van der Waals surface area (Å²) in [7, 11) is 0. The van der Waals surface area contributed by atoms with Gasteiger partial charge in [0, 0.05) is 26.8 Å². The van der Waals surface area contributed by atoms with Crippen molar-refractivity contribution in [2.75, 3.05) is 10.2 Å². The second kappa shape index (κ2) is 9.87. The maximum absolute atomic E-state index is 12.9. The highest BCUT2D eigenvalue weighted by Gasteiger charge is 2.32. The minimum Gasteiger partial charge on any atom is -0.479 e. The highest BCUT2D eigenvalue weighted by molar-refractivity contribution is 6.35. The maximum atomic E-state index is 12.9. The summed E-state index contributed by atoms with van der Waals surface area (Å²) in [6.45, 7) is 1.98. The lowest BCUT2D eigenvalue weighted by atomic mass is 10.1. The van der Waals surface area contributed by atoms with E-state index in [1.165, 1.54) is 6.08 Å². The smallest absolute Gasteiger partial charge is 0.268 e. The second-order valence-corrected chi connectivity index (χ2v) is 8.70. The van der Waals surface area contributed by atoms with E-state index in [1.807, 2.05) is 18.2 Å². The van der Waals surface area contributed by atoms with Crippen LogP contribution in [0.2, 0.25) is 15.1 Å². The number of carbonyl (C=O) groups excluding carboxylic acids is 2. The van der Waals surface area contributed by atoms with E-state index in [-0.39, 0.29) is 18.4 Å². The lowest BCUT2D eigenvalue weighted by Crippen LogP contribution is -2.44. The fourth-order valence-electron chi connectivity index (χ4n) is 3.43. The minimum absolute atomic E-state index is 0.192. The van der Waals surface area contributed by atoms with Gasteiger partial charge in [0.25, 0.3) is 5.91 Å². The third-order valence-corrected chi connectivity index (χ3v) is 6.03. The number of carbonyl (C=O) groups is 2. The van der Waals surface area contributed by atoms with Crippen LogP contribution in [-0.2, 0) is 16.1 Å². The Morgan fingerprint density at radius 2 is 1.85 bits per heavy atom. The summed E-state index contributed by atoms with van der Waals surface area (Å²) < 4.78 is 5.75. The standard InChI is InChI=1S/C25H19Cl3N2O3/c1-15-25(32)30(14-17-4-2-3-5-20(17)27)22-13-19(9-10-23(22)33-15)29-24(31)11-7-16-6-8-18(26)12-21(16)28/h2-13,15H,14H2,1H3,(H,29,31)/b11-7+. The normalized spacial score (nSPS) is 15.3. The molecular weight excluding hydrogens is 483 g/mol. The van der Waals surface area contributed by atoms with Gasteiger partial charge in [0.1, 0.15) is 5.75 Å². The van der Waals surface area contributed by atoms with Crippen LogP contribution in [0.5, 0.6) is 5.75 Å². The van der Waals surface area contributed by atoms with Crippen molar-refractivity contribution in [2.24, 2.45) is 0 Å². The number of fused-ring (bicyclic) bond motifs is 1. The van der Waals surface area contributed by atoms with Gasteiger partial charge in [-0.3, -0.25) is 9.59 Å². The van der Waals surface area contributed by atoms with Gasteiger partial charge < -0.3 is 15.0 Å². The summed E-state index contributed by atoms with van der Waals surface area (Å²) in [5.74, 6) is 0.00820. The second-order valence-electron chi connectivity index (χ2n) is 7.45. The molecular formula is C25H19Cl3N2O3. The van der Waals surface area contributed by atoms with Gasteiger partial charge in [0.05, 0.1) is 12.2 Å². The molecule has 0 saturated carbocycles. The molecule has 0 saturated heterocycles. The quantitative estimate of drug-likeness (QED) is 0.400. The molecule has 0 aromatic heterocycles. The van der Waals surface area contributed by atoms with Crippen LogP contribution < -0.4 is 15.0 Å². The number of nitrogens with one attached hydrogen (secondary N) is 1. The SMILES string of the molecule is CC1Oc2ccc(NC(=O)/C=C/c3ccc(Cl)cc3Cl)cc2N(Cc2ccccc2Cl)C1=O. The first kappa shape index (κ1) is 23.2. The molecule has 168 valence electrons. The van der Waals surface area contributed by atoms with E-state index in [4.69, 9.17) is 39.5 Å². The Morgan fingerprint density at radius 1 is 1.06 bits per heavy atom. The van der Waals surface area contributed by atoms with Crippen molar-refractivity contribution >= 4 is 64.1 Å². The van der Waals surface area contributed by atoms with E-state index in [2.05, 4.69) is 5.32 Å². The van der Waals surface area contributed by atoms with Crippen molar-refractivity contribution in [3.63, 3.8) is 0 Å². The number of ether oxygens (including phenoxy) is 1. The summed E-state index contributed by atoms with van der Waals surface area (Å²) in [5, 5.41) is 4.33. The summed E-state index contributed by atoms with van der Waals surface area (Å²) >= 11 is 18.4. The first-order chi connectivity index (χ1) is 15.8. The Morgan fingerprint density at radius 3 is 2.61 bits per heavy atom. The van der Waals surface area contributed by atoms with Gasteiger partial charge in [-0.05, 0) is 60.5 Å². The molecule has 0 aliphatic carbocycles. The first-order valence-electron chi connectivity index (χ1n) is 10.1. The fraction of sp³-hybridized carbons (Fsp3) is 0.120. The molecule has 4 rings (SSSR count). The molecule has 1 aliphatic heterocycles. The monoisotopic (exact) mass is 500 g/mol. The van der Waals surface area contributed by atoms with Gasteiger partial charge in [-0.2, -0.15) is 0 Å². The van der Waals surface area contributed by atoms with Crippen LogP contribution in [0.25, 0.3) is 6.08 Å². The summed E-state index contributed by atoms with van der Waals surface area (Å²) in [5.41, 5.74) is 2.55. The zero-order valence-corrected chi connectivity index (χ0v) is 19.8. The van der Waals surface area contributed by atoms with E-state index in [1.54, 1.807) is 60.4 Å². The molecule has 0 bridgehead atoms. The Labute approximate surface area is 206 Å². The molecule has 3 aromatic carbocycles. The number of anilines is 2. The minimum atomic E-state index is -0.632. The van der Waals surface area contributed by atoms with E-state index >= 15 is 0 Å². The number of hydrogen-bond acceptors (Lipinski definition) is 3. The molecule has 0 radical (unpaired) electrons. The number of nitrogens with zero attached hydrogens (tertiary/aromatic N) is 1. The van der Waals surface area contributed by atoms with E-state index in [0.29, 0.717) is 37.8 Å². The molecule has 8 heteroatoms. The first-order valence-corrected chi connectivity index (χ1v) is 11.2. The number of amides is 2. The highest BCUT2D eigenvalue weighted by Crippen LogP contribution is 2.38. The van der Waals surface area contributed by atoms with Crippen LogP contribution in [0.3, 0.4) is 0 Å². The van der Waals surface area contributed by atoms with Crippen LogP contribution in [0.1, 0.15) is 18.1 Å². The van der Waals surface area contributed by atoms with Crippen molar-refractivity contribution in [1.29, 1.82) is 0 Å². The van der Waals surface area contributed by atoms with Crippen LogP contribution >= 0.6 is 34.8 Å². The van der Waals surface area contributed by atoms with Gasteiger partial charge >= 0.3 is 0 Å². The van der Waals surface area contributed by atoms with Crippen molar-refractivity contribution < 1.29 is 14.3 Å². The van der Waals surface area contributed by atoms with Crippen molar-refractivity contribution in [2.45, 2.75) is 19.6 Å². The van der Waals surface area contributed by atoms with Crippen LogP contribution in [0, 0.1) is 0 Å². The molecule has 1 N–H and O–H groups in total. The molecule has 2 amide bonds. The summed E-state index contributed by atoms with van der Waals surface area (Å²) in [6.07, 6.45) is 2.34. The average molecular weight is 502 g/mol. The van der Waals surface area contributed by atoms with Crippen LogP contribution in [-0.4, -0.2) is 17.9 Å². The molecule has 33 heavy (non-hydrogen) atoms. The van der Waals surface area contributed by atoms with Gasteiger partial charge in [-0.15, -0.1) is 0 Å². The number of halogens is 3. The molecule has 1 unspecified atom stereocenters. The fourth-order valence-corrected chi connectivity index (χ4v) is 4.10. The van der Waals surface area contributed by atoms with Gasteiger partial charge in [-0.25, -0.2) is 0 Å². The topological polar surface area (TPSA) is 58.6 Å². The predicted octanol–water partition coefficient (Wildman–Crippen LogP) is 6.61. The largest absolute Gasteiger partial charge is 0.479 e. The zero-order chi connectivity index (χ0) is 23.5. The molecule has 1 atom stereocenters. The van der Waals surface area contributed by atoms with Gasteiger partial charge in [-0.1, -0.05) is 59.1 Å². The number of hydrogen-bond donors (Lipinski definition) is 1. The van der Waals surface area contributed by atoms with Crippen molar-refractivity contribution in [3.05, 3.63) is 92.9 Å². The average Bonchev–Trinajstić information content (AvgIpc) is 2.78. The van der Waals surface area contributed by atoms with E-state index in [9.17, 15) is 9.59 Å². The zero-order valence-electron chi connectivity index (χ0n) is 17.5. The van der Waals surface area contributed by atoms with E-state index in [0.717, 1.165) is 5.56 Å². The number of rotatable bonds is 5. The van der Waals surface area contributed by atoms with Crippen molar-refractivity contribution in [3.8, 4) is 5.75 Å². The molecule has 5 nitrogen and oxygen atoms in total. The Kier molecular flexibility index (Phi) is 6.94. The van der Waals surface area contributed by atoms with Gasteiger partial charge in [0.2, 0.25) is 5.91 Å². The number of benzene rings is 3. The lowest BCUT2D eigenvalue weighted by molar-refractivity contribution is -0.125. The molecule has 1 aliphatic rings. The lowest BCUT2D eigenvalue weighted by Gasteiger charge is -2.33. The summed E-state index contributed by atoms with van der Waals surface area (Å²) in [6, 6.07) is 17.5. The van der Waals surface area contributed by atoms with Crippen LogP contribution in [0.4, 0.5) is 11.4 Å². The van der Waals surface area contributed by atoms with Crippen LogP contribution in [0.15, 0.2) is 66.7 Å². The van der Waals surface area contributed by atoms with Gasteiger partial charge in [0.15, 0.2) is 6.10 Å². The third-order valence-electron chi connectivity index (χ3n) is 5.10. The van der Waals surface area contributed by atoms with E-state index < -0.39 is 6.10 Å². The predicted molar refractivity (Wildman–Crippen MR) is 133 cm³/mol. The Balaban J connectivity index is 1.56. The maximum Gasteiger partial charge on any atom is 0.268 e. The van der Waals surface area contributed by atoms with Crippen molar-refractivity contribution in [1.82, 2.24) is 0 Å². The summed E-state index contributed by atoms with van der Waals surface area (Å²) in [4.78, 5) is 27.0. The molecule has 0 spiro atoms. The molecule has 1 heterocycles. The Bertz CT molecular complexity index is 1260. The molecule has 3 aromatic rings. The molecule has 0 fully saturated rings. The highest BCUT2D eigenvalue weighted by atomic mass is 35.5. The third kappa shape index (κ3) is 5.33. The Hall–Kier alpha value is -2.99.